The maximum absolute atomic E-state index is 13.7. The number of likely N-dealkylation sites (tertiary alicyclic amines) is 1. The summed E-state index contributed by atoms with van der Waals surface area (Å²) in [4.78, 5) is 27.2. The molecule has 5 fully saturated rings. The summed E-state index contributed by atoms with van der Waals surface area (Å²) in [5, 5.41) is 3.07. The Morgan fingerprint density at radius 3 is 2.53 bits per heavy atom. The number of hydrogen-bond acceptors (Lipinski definition) is 2. The van der Waals surface area contributed by atoms with Gasteiger partial charge in [-0.15, -0.1) is 11.6 Å². The predicted octanol–water partition coefficient (Wildman–Crippen LogP) is 5.06. The molecule has 1 heterocycles. The molecule has 1 N–H and O–H groups in total. The van der Waals surface area contributed by atoms with Crippen LogP contribution in [0.2, 0.25) is 0 Å². The summed E-state index contributed by atoms with van der Waals surface area (Å²) in [6, 6.07) is 4.39. The van der Waals surface area contributed by atoms with Crippen LogP contribution in [0.15, 0.2) is 24.3 Å². The second-order valence-corrected chi connectivity index (χ2v) is 11.3. The van der Waals surface area contributed by atoms with Crippen LogP contribution in [0.1, 0.15) is 68.5 Å². The van der Waals surface area contributed by atoms with E-state index in [1.807, 2.05) is 0 Å². The van der Waals surface area contributed by atoms with Crippen molar-refractivity contribution in [2.24, 2.45) is 17.3 Å². The van der Waals surface area contributed by atoms with E-state index in [2.05, 4.69) is 5.32 Å². The molecule has 1 aliphatic heterocycles. The monoisotopic (exact) mass is 468 g/mol. The summed E-state index contributed by atoms with van der Waals surface area (Å²) in [5.41, 5.74) is -0.935. The van der Waals surface area contributed by atoms with Crippen molar-refractivity contribution >= 4 is 23.4 Å². The Morgan fingerprint density at radius 2 is 1.94 bits per heavy atom. The number of carbonyl (C=O) groups excluding carboxylic acids is 2. The highest BCUT2D eigenvalue weighted by Gasteiger charge is 2.60. The van der Waals surface area contributed by atoms with E-state index >= 15 is 0 Å². The highest BCUT2D eigenvalue weighted by atomic mass is 35.5. The molecule has 3 atom stereocenters. The minimum Gasteiger partial charge on any atom is -0.347 e. The molecule has 32 heavy (non-hydrogen) atoms. The van der Waals surface area contributed by atoms with E-state index in [1.54, 1.807) is 11.0 Å². The third kappa shape index (κ3) is 4.02. The van der Waals surface area contributed by atoms with Gasteiger partial charge in [0.2, 0.25) is 11.8 Å². The molecule has 4 saturated carbocycles. The second-order valence-electron chi connectivity index (χ2n) is 10.5. The van der Waals surface area contributed by atoms with Crippen molar-refractivity contribution in [1.82, 2.24) is 10.2 Å². The van der Waals surface area contributed by atoms with Crippen LogP contribution in [0, 0.1) is 17.3 Å². The van der Waals surface area contributed by atoms with Gasteiger partial charge in [-0.25, -0.2) is 0 Å². The molecule has 2 amide bonds. The summed E-state index contributed by atoms with van der Waals surface area (Å²) in [6.45, 7) is 0.741. The van der Waals surface area contributed by atoms with E-state index in [1.165, 1.54) is 6.07 Å². The molecule has 0 unspecified atom stereocenters. The summed E-state index contributed by atoms with van der Waals surface area (Å²) >= 11 is 6.89. The lowest BCUT2D eigenvalue weighted by Gasteiger charge is -2.59. The standard InChI is InChI=1S/C24H28ClF3N2O2/c25-23-11-15-7-16(12-23)10-22(9-15,14-23)21(32)29-19(13-30-6-2-5-20(30)31)17-3-1-4-18(8-17)24(26,27)28/h1,3-4,8,15-16,19H,2,5-7,9-14H2,(H,29,32)/t15-,16-,19+,22?,23?/m1/s1. The van der Waals surface area contributed by atoms with Gasteiger partial charge in [0, 0.05) is 24.4 Å². The van der Waals surface area contributed by atoms with Crippen molar-refractivity contribution in [3.8, 4) is 0 Å². The number of nitrogens with zero attached hydrogens (tertiary/aromatic N) is 1. The number of hydrogen-bond donors (Lipinski definition) is 1. The Hall–Kier alpha value is -1.76. The first-order chi connectivity index (χ1) is 15.1. The molecule has 1 aromatic carbocycles. The molecule has 8 heteroatoms. The zero-order valence-corrected chi connectivity index (χ0v) is 18.6. The summed E-state index contributed by atoms with van der Waals surface area (Å²) < 4.78 is 40.0. The molecular formula is C24H28ClF3N2O2. The predicted molar refractivity (Wildman–Crippen MR) is 114 cm³/mol. The van der Waals surface area contributed by atoms with Crippen LogP contribution >= 0.6 is 11.6 Å². The van der Waals surface area contributed by atoms with E-state index in [9.17, 15) is 22.8 Å². The molecular weight excluding hydrogens is 441 g/mol. The van der Waals surface area contributed by atoms with Gasteiger partial charge < -0.3 is 10.2 Å². The van der Waals surface area contributed by atoms with Crippen LogP contribution < -0.4 is 5.32 Å². The zero-order chi connectivity index (χ0) is 22.7. The number of alkyl halides is 4. The molecule has 0 aromatic heterocycles. The van der Waals surface area contributed by atoms with Crippen LogP contribution in [0.4, 0.5) is 13.2 Å². The molecule has 1 saturated heterocycles. The van der Waals surface area contributed by atoms with Crippen molar-refractivity contribution in [3.63, 3.8) is 0 Å². The van der Waals surface area contributed by atoms with Gasteiger partial charge in [0.25, 0.3) is 0 Å². The maximum Gasteiger partial charge on any atom is 0.416 e. The third-order valence-corrected chi connectivity index (χ3v) is 8.41. The zero-order valence-electron chi connectivity index (χ0n) is 17.9. The van der Waals surface area contributed by atoms with E-state index in [-0.39, 0.29) is 23.2 Å². The van der Waals surface area contributed by atoms with Crippen LogP contribution in [0.3, 0.4) is 0 Å². The fraction of sp³-hybridized carbons (Fsp3) is 0.667. The molecule has 1 aromatic rings. The van der Waals surface area contributed by atoms with Crippen LogP contribution in [-0.2, 0) is 15.8 Å². The largest absolute Gasteiger partial charge is 0.416 e. The summed E-state index contributed by atoms with van der Waals surface area (Å²) in [5.74, 6) is 0.731. The molecule has 0 spiro atoms. The number of benzene rings is 1. The Labute approximate surface area is 190 Å². The number of nitrogens with one attached hydrogen (secondary N) is 1. The molecule has 4 bridgehead atoms. The van der Waals surface area contributed by atoms with Crippen LogP contribution in [-0.4, -0.2) is 34.7 Å². The third-order valence-electron chi connectivity index (χ3n) is 7.97. The smallest absolute Gasteiger partial charge is 0.347 e. The Morgan fingerprint density at radius 1 is 1.22 bits per heavy atom. The molecule has 0 radical (unpaired) electrons. The lowest BCUT2D eigenvalue weighted by atomic mass is 9.49. The Bertz CT molecular complexity index is 920. The van der Waals surface area contributed by atoms with Gasteiger partial charge in [-0.3, -0.25) is 9.59 Å². The fourth-order valence-corrected chi connectivity index (χ4v) is 7.70. The van der Waals surface area contributed by atoms with E-state index in [4.69, 9.17) is 11.6 Å². The van der Waals surface area contributed by atoms with Gasteiger partial charge in [-0.05, 0) is 74.5 Å². The van der Waals surface area contributed by atoms with Gasteiger partial charge in [0.1, 0.15) is 0 Å². The second kappa shape index (κ2) is 7.64. The fourth-order valence-electron chi connectivity index (χ4n) is 7.01. The average molecular weight is 469 g/mol. The van der Waals surface area contributed by atoms with Crippen molar-refractivity contribution in [3.05, 3.63) is 35.4 Å². The molecule has 5 aliphatic rings. The van der Waals surface area contributed by atoms with Crippen molar-refractivity contribution < 1.29 is 22.8 Å². The lowest BCUT2D eigenvalue weighted by molar-refractivity contribution is -0.146. The van der Waals surface area contributed by atoms with E-state index < -0.39 is 23.2 Å². The van der Waals surface area contributed by atoms with Crippen molar-refractivity contribution in [2.75, 3.05) is 13.1 Å². The highest BCUT2D eigenvalue weighted by Crippen LogP contribution is 2.64. The van der Waals surface area contributed by atoms with E-state index in [0.717, 1.165) is 50.7 Å². The Kier molecular flexibility index (Phi) is 5.27. The van der Waals surface area contributed by atoms with Crippen molar-refractivity contribution in [1.29, 1.82) is 0 Å². The number of amides is 2. The molecule has 4 aliphatic carbocycles. The summed E-state index contributed by atoms with van der Waals surface area (Å²) in [6.07, 6.45) is 1.90. The first-order valence-electron chi connectivity index (χ1n) is 11.5. The molecule has 6 rings (SSSR count). The van der Waals surface area contributed by atoms with Gasteiger partial charge in [-0.2, -0.15) is 13.2 Å². The van der Waals surface area contributed by atoms with Crippen molar-refractivity contribution in [2.45, 2.75) is 68.5 Å². The Balaban J connectivity index is 1.42. The SMILES string of the molecule is O=C1CCCN1C[C@H](NC(=O)C12C[C@H]3C[C@@H](CC(Cl)(C3)C1)C2)c1cccc(C(F)(F)F)c1. The van der Waals surface area contributed by atoms with E-state index in [0.29, 0.717) is 36.8 Å². The van der Waals surface area contributed by atoms with Gasteiger partial charge in [-0.1, -0.05) is 12.1 Å². The lowest BCUT2D eigenvalue weighted by Crippen LogP contribution is -2.59. The summed E-state index contributed by atoms with van der Waals surface area (Å²) in [7, 11) is 0. The molecule has 174 valence electrons. The average Bonchev–Trinajstić information content (AvgIpc) is 3.09. The number of rotatable bonds is 5. The number of carbonyl (C=O) groups is 2. The minimum atomic E-state index is -4.47. The van der Waals surface area contributed by atoms with Gasteiger partial charge in [0.05, 0.1) is 17.0 Å². The minimum absolute atomic E-state index is 0.0225. The van der Waals surface area contributed by atoms with Gasteiger partial charge in [0.15, 0.2) is 0 Å². The maximum atomic E-state index is 13.7. The number of halogens is 4. The normalized spacial score (nSPS) is 34.8. The van der Waals surface area contributed by atoms with Gasteiger partial charge >= 0.3 is 6.18 Å². The quantitative estimate of drug-likeness (QED) is 0.614. The first-order valence-corrected chi connectivity index (χ1v) is 11.9. The molecule has 4 nitrogen and oxygen atoms in total. The first kappa shape index (κ1) is 22.1. The van der Waals surface area contributed by atoms with Crippen LogP contribution in [0.5, 0.6) is 0 Å². The topological polar surface area (TPSA) is 49.4 Å². The highest BCUT2D eigenvalue weighted by molar-refractivity contribution is 6.24. The van der Waals surface area contributed by atoms with Crippen LogP contribution in [0.25, 0.3) is 0 Å².